The Hall–Kier alpha value is -2.04. The minimum atomic E-state index is -0.472. The number of hydrogen-bond donors (Lipinski definition) is 1. The summed E-state index contributed by atoms with van der Waals surface area (Å²) in [6.07, 6.45) is 2.75. The van der Waals surface area contributed by atoms with Gasteiger partial charge in [0.05, 0.1) is 11.9 Å². The molecule has 0 aliphatic rings. The van der Waals surface area contributed by atoms with Gasteiger partial charge < -0.3 is 5.32 Å². The topological polar surface area (TPSA) is 50.7 Å². The van der Waals surface area contributed by atoms with Gasteiger partial charge in [0, 0.05) is 12.7 Å². The summed E-state index contributed by atoms with van der Waals surface area (Å²) in [5.41, 5.74) is 0.716. The molecule has 0 spiro atoms. The normalized spacial score (nSPS) is 10.1. The van der Waals surface area contributed by atoms with Crippen molar-refractivity contribution in [2.45, 2.75) is 6.92 Å². The fourth-order valence-corrected chi connectivity index (χ4v) is 1.29. The molecule has 82 valence electrons. The zero-order valence-corrected chi connectivity index (χ0v) is 8.81. The highest BCUT2D eigenvalue weighted by molar-refractivity contribution is 5.55. The molecule has 2 rings (SSSR count). The maximum absolute atomic E-state index is 13.5. The van der Waals surface area contributed by atoms with Crippen molar-refractivity contribution in [1.29, 1.82) is 0 Å². The highest BCUT2D eigenvalue weighted by atomic mass is 19.1. The Morgan fingerprint density at radius 1 is 1.31 bits per heavy atom. The third-order valence-corrected chi connectivity index (χ3v) is 1.99. The highest BCUT2D eigenvalue weighted by Crippen LogP contribution is 2.18. The number of halogens is 1. The number of anilines is 1. The van der Waals surface area contributed by atoms with Crippen LogP contribution in [-0.2, 0) is 0 Å². The molecule has 0 amide bonds. The zero-order chi connectivity index (χ0) is 11.4. The SMILES string of the molecule is CCNc1ncc(F)c(-c2ccccn2)n1. The molecule has 0 saturated heterocycles. The summed E-state index contributed by atoms with van der Waals surface area (Å²) >= 11 is 0. The first-order valence-corrected chi connectivity index (χ1v) is 4.99. The summed E-state index contributed by atoms with van der Waals surface area (Å²) in [4.78, 5) is 12.0. The summed E-state index contributed by atoms with van der Waals surface area (Å²) < 4.78 is 13.5. The first-order valence-electron chi connectivity index (χ1n) is 4.99. The lowest BCUT2D eigenvalue weighted by atomic mass is 10.2. The van der Waals surface area contributed by atoms with Gasteiger partial charge in [0.1, 0.15) is 5.69 Å². The van der Waals surface area contributed by atoms with E-state index in [-0.39, 0.29) is 5.69 Å². The van der Waals surface area contributed by atoms with Crippen molar-refractivity contribution >= 4 is 5.95 Å². The Balaban J connectivity index is 2.43. The van der Waals surface area contributed by atoms with Gasteiger partial charge in [-0.05, 0) is 19.1 Å². The average Bonchev–Trinajstić information content (AvgIpc) is 2.33. The fourth-order valence-electron chi connectivity index (χ4n) is 1.29. The lowest BCUT2D eigenvalue weighted by molar-refractivity contribution is 0.618. The van der Waals surface area contributed by atoms with E-state index in [2.05, 4.69) is 20.3 Å². The van der Waals surface area contributed by atoms with Gasteiger partial charge in [-0.1, -0.05) is 6.07 Å². The second-order valence-corrected chi connectivity index (χ2v) is 3.14. The van der Waals surface area contributed by atoms with E-state index in [1.165, 1.54) is 0 Å². The van der Waals surface area contributed by atoms with Crippen molar-refractivity contribution in [3.8, 4) is 11.4 Å². The molecule has 2 aromatic heterocycles. The highest BCUT2D eigenvalue weighted by Gasteiger charge is 2.09. The molecule has 0 radical (unpaired) electrons. The molecular weight excluding hydrogens is 207 g/mol. The largest absolute Gasteiger partial charge is 0.354 e. The Morgan fingerprint density at radius 2 is 2.19 bits per heavy atom. The molecule has 0 bridgehead atoms. The Labute approximate surface area is 92.6 Å². The monoisotopic (exact) mass is 218 g/mol. The third-order valence-electron chi connectivity index (χ3n) is 1.99. The van der Waals surface area contributed by atoms with E-state index in [0.29, 0.717) is 18.2 Å². The van der Waals surface area contributed by atoms with E-state index < -0.39 is 5.82 Å². The van der Waals surface area contributed by atoms with Crippen LogP contribution in [0, 0.1) is 5.82 Å². The minimum absolute atomic E-state index is 0.214. The summed E-state index contributed by atoms with van der Waals surface area (Å²) in [5, 5.41) is 2.93. The molecule has 0 aromatic carbocycles. The van der Waals surface area contributed by atoms with Crippen LogP contribution in [-0.4, -0.2) is 21.5 Å². The predicted molar refractivity (Wildman–Crippen MR) is 59.4 cm³/mol. The van der Waals surface area contributed by atoms with Crippen LogP contribution in [0.25, 0.3) is 11.4 Å². The summed E-state index contributed by atoms with van der Waals surface area (Å²) in [6.45, 7) is 2.61. The van der Waals surface area contributed by atoms with E-state index in [0.717, 1.165) is 6.20 Å². The smallest absolute Gasteiger partial charge is 0.223 e. The summed E-state index contributed by atoms with van der Waals surface area (Å²) in [7, 11) is 0. The number of nitrogens with one attached hydrogen (secondary N) is 1. The van der Waals surface area contributed by atoms with Crippen molar-refractivity contribution in [2.75, 3.05) is 11.9 Å². The fraction of sp³-hybridized carbons (Fsp3) is 0.182. The van der Waals surface area contributed by atoms with Crippen molar-refractivity contribution < 1.29 is 4.39 Å². The standard InChI is InChI=1S/C11H11FN4/c1-2-13-11-15-7-8(12)10(16-11)9-5-3-4-6-14-9/h3-7H,2H2,1H3,(H,13,15,16). The van der Waals surface area contributed by atoms with Gasteiger partial charge in [-0.3, -0.25) is 4.98 Å². The van der Waals surface area contributed by atoms with E-state index in [1.54, 1.807) is 24.4 Å². The van der Waals surface area contributed by atoms with Crippen LogP contribution in [0.2, 0.25) is 0 Å². The molecule has 0 fully saturated rings. The van der Waals surface area contributed by atoms with E-state index in [1.807, 2.05) is 6.92 Å². The average molecular weight is 218 g/mol. The predicted octanol–water partition coefficient (Wildman–Crippen LogP) is 2.11. The molecule has 2 aromatic rings. The van der Waals surface area contributed by atoms with Gasteiger partial charge in [0.2, 0.25) is 5.95 Å². The van der Waals surface area contributed by atoms with Crippen LogP contribution in [0.4, 0.5) is 10.3 Å². The summed E-state index contributed by atoms with van der Waals surface area (Å²) in [5.74, 6) is -0.0649. The van der Waals surface area contributed by atoms with Gasteiger partial charge in [-0.25, -0.2) is 14.4 Å². The molecule has 1 N–H and O–H groups in total. The maximum Gasteiger partial charge on any atom is 0.223 e. The van der Waals surface area contributed by atoms with E-state index in [9.17, 15) is 4.39 Å². The van der Waals surface area contributed by atoms with Crippen molar-refractivity contribution in [1.82, 2.24) is 15.0 Å². The van der Waals surface area contributed by atoms with Crippen LogP contribution in [0.5, 0.6) is 0 Å². The molecule has 2 heterocycles. The second-order valence-electron chi connectivity index (χ2n) is 3.14. The zero-order valence-electron chi connectivity index (χ0n) is 8.81. The molecular formula is C11H11FN4. The number of rotatable bonds is 3. The van der Waals surface area contributed by atoms with Gasteiger partial charge in [0.25, 0.3) is 0 Å². The van der Waals surface area contributed by atoms with Crippen LogP contribution in [0.3, 0.4) is 0 Å². The molecule has 4 nitrogen and oxygen atoms in total. The molecule has 0 atom stereocenters. The van der Waals surface area contributed by atoms with Crippen LogP contribution in [0.1, 0.15) is 6.92 Å². The Morgan fingerprint density at radius 3 is 2.88 bits per heavy atom. The number of hydrogen-bond acceptors (Lipinski definition) is 4. The summed E-state index contributed by atoms with van der Waals surface area (Å²) in [6, 6.07) is 5.27. The van der Waals surface area contributed by atoms with E-state index in [4.69, 9.17) is 0 Å². The maximum atomic E-state index is 13.5. The molecule has 0 saturated carbocycles. The molecule has 0 unspecified atom stereocenters. The second kappa shape index (κ2) is 4.65. The quantitative estimate of drug-likeness (QED) is 0.857. The van der Waals surface area contributed by atoms with Crippen molar-refractivity contribution in [2.24, 2.45) is 0 Å². The number of aromatic nitrogens is 3. The molecule has 0 aliphatic carbocycles. The molecule has 16 heavy (non-hydrogen) atoms. The molecule has 0 aliphatic heterocycles. The minimum Gasteiger partial charge on any atom is -0.354 e. The number of pyridine rings is 1. The Kier molecular flexibility index (Phi) is 3.05. The lowest BCUT2D eigenvalue weighted by Crippen LogP contribution is -2.04. The van der Waals surface area contributed by atoms with Crippen LogP contribution >= 0.6 is 0 Å². The van der Waals surface area contributed by atoms with Gasteiger partial charge in [-0.2, -0.15) is 0 Å². The van der Waals surface area contributed by atoms with Crippen molar-refractivity contribution in [3.63, 3.8) is 0 Å². The van der Waals surface area contributed by atoms with Crippen molar-refractivity contribution in [3.05, 3.63) is 36.4 Å². The first kappa shape index (κ1) is 10.5. The Bertz CT molecular complexity index is 473. The lowest BCUT2D eigenvalue weighted by Gasteiger charge is -2.04. The van der Waals surface area contributed by atoms with E-state index >= 15 is 0 Å². The van der Waals surface area contributed by atoms with Gasteiger partial charge in [0.15, 0.2) is 5.82 Å². The van der Waals surface area contributed by atoms with Gasteiger partial charge >= 0.3 is 0 Å². The molecule has 5 heteroatoms. The number of nitrogens with zero attached hydrogens (tertiary/aromatic N) is 3. The first-order chi connectivity index (χ1) is 7.81. The third kappa shape index (κ3) is 2.13. The van der Waals surface area contributed by atoms with Gasteiger partial charge in [-0.15, -0.1) is 0 Å². The van der Waals surface area contributed by atoms with Crippen LogP contribution < -0.4 is 5.32 Å². The van der Waals surface area contributed by atoms with Crippen LogP contribution in [0.15, 0.2) is 30.6 Å².